The van der Waals surface area contributed by atoms with Gasteiger partial charge in [-0.1, -0.05) is 72.3 Å². The van der Waals surface area contributed by atoms with Crippen molar-refractivity contribution in [2.24, 2.45) is 0 Å². The van der Waals surface area contributed by atoms with Crippen LogP contribution in [0.1, 0.15) is 16.7 Å². The first kappa shape index (κ1) is 21.3. The zero-order chi connectivity index (χ0) is 22.5. The number of nitrogens with zero attached hydrogens (tertiary/aromatic N) is 2. The molecule has 0 aliphatic rings. The van der Waals surface area contributed by atoms with Gasteiger partial charge in [0.25, 0.3) is 5.56 Å². The van der Waals surface area contributed by atoms with Gasteiger partial charge >= 0.3 is 5.69 Å². The van der Waals surface area contributed by atoms with Crippen molar-refractivity contribution in [3.63, 3.8) is 0 Å². The molecule has 4 aromatic rings. The highest BCUT2D eigenvalue weighted by atomic mass is 16.2. The monoisotopic (exact) mass is 427 g/mol. The summed E-state index contributed by atoms with van der Waals surface area (Å²) in [7, 11) is 0. The molecule has 6 heteroatoms. The van der Waals surface area contributed by atoms with Gasteiger partial charge < -0.3 is 5.32 Å². The van der Waals surface area contributed by atoms with E-state index in [9.17, 15) is 14.4 Å². The zero-order valence-electron chi connectivity index (χ0n) is 18.0. The molecule has 1 heterocycles. The molecule has 4 rings (SSSR count). The second kappa shape index (κ2) is 9.47. The SMILES string of the molecule is Cc1ccc(CNC(=O)Cn2c(=O)n(CCc3ccccc3)c(=O)c3ccccc32)cc1. The van der Waals surface area contributed by atoms with Gasteiger partial charge in [0, 0.05) is 13.1 Å². The molecule has 0 aliphatic heterocycles. The fourth-order valence-corrected chi connectivity index (χ4v) is 3.71. The molecule has 0 atom stereocenters. The van der Waals surface area contributed by atoms with Gasteiger partial charge in [-0.15, -0.1) is 0 Å². The average molecular weight is 428 g/mol. The van der Waals surface area contributed by atoms with E-state index in [0.717, 1.165) is 16.7 Å². The molecule has 1 aromatic heterocycles. The van der Waals surface area contributed by atoms with E-state index in [1.165, 1.54) is 9.13 Å². The first-order chi connectivity index (χ1) is 15.5. The minimum Gasteiger partial charge on any atom is -0.350 e. The van der Waals surface area contributed by atoms with Gasteiger partial charge in [0.1, 0.15) is 6.54 Å². The van der Waals surface area contributed by atoms with Gasteiger partial charge in [0.05, 0.1) is 10.9 Å². The molecule has 1 amide bonds. The highest BCUT2D eigenvalue weighted by molar-refractivity contribution is 5.81. The summed E-state index contributed by atoms with van der Waals surface area (Å²) < 4.78 is 2.61. The Kier molecular flexibility index (Phi) is 6.31. The number of amides is 1. The van der Waals surface area contributed by atoms with Crippen molar-refractivity contribution < 1.29 is 4.79 Å². The average Bonchev–Trinajstić information content (AvgIpc) is 2.82. The van der Waals surface area contributed by atoms with E-state index in [-0.39, 0.29) is 24.6 Å². The van der Waals surface area contributed by atoms with Crippen molar-refractivity contribution in [3.05, 3.63) is 116 Å². The third-order valence-electron chi connectivity index (χ3n) is 5.51. The minimum absolute atomic E-state index is 0.156. The van der Waals surface area contributed by atoms with Gasteiger partial charge in [-0.25, -0.2) is 4.79 Å². The van der Waals surface area contributed by atoms with Crippen LogP contribution in [0.4, 0.5) is 0 Å². The summed E-state index contributed by atoms with van der Waals surface area (Å²) in [4.78, 5) is 38.9. The van der Waals surface area contributed by atoms with Crippen molar-refractivity contribution in [2.75, 3.05) is 0 Å². The molecule has 0 saturated heterocycles. The maximum Gasteiger partial charge on any atom is 0.331 e. The number of carbonyl (C=O) groups excluding carboxylic acids is 1. The van der Waals surface area contributed by atoms with Gasteiger partial charge in [-0.05, 0) is 36.6 Å². The van der Waals surface area contributed by atoms with Crippen LogP contribution in [0.2, 0.25) is 0 Å². The fourth-order valence-electron chi connectivity index (χ4n) is 3.71. The summed E-state index contributed by atoms with van der Waals surface area (Å²) in [6.07, 6.45) is 0.550. The number of rotatable bonds is 7. The Bertz CT molecular complexity index is 1350. The molecule has 0 saturated carbocycles. The molecule has 6 nitrogen and oxygen atoms in total. The van der Waals surface area contributed by atoms with E-state index in [1.807, 2.05) is 61.5 Å². The summed E-state index contributed by atoms with van der Waals surface area (Å²) in [6.45, 7) is 2.47. The maximum absolute atomic E-state index is 13.2. The van der Waals surface area contributed by atoms with E-state index in [0.29, 0.717) is 23.9 Å². The Morgan fingerprint density at radius 1 is 0.812 bits per heavy atom. The molecule has 3 aromatic carbocycles. The third kappa shape index (κ3) is 4.70. The molecule has 32 heavy (non-hydrogen) atoms. The molecule has 0 spiro atoms. The van der Waals surface area contributed by atoms with Crippen LogP contribution in [0, 0.1) is 6.92 Å². The summed E-state index contributed by atoms with van der Waals surface area (Å²) in [5.41, 5.74) is 2.82. The second-order valence-electron chi connectivity index (χ2n) is 7.84. The fraction of sp³-hybridized carbons (Fsp3) is 0.192. The molecule has 0 fully saturated rings. The number of hydrogen-bond acceptors (Lipinski definition) is 3. The zero-order valence-corrected chi connectivity index (χ0v) is 18.0. The van der Waals surface area contributed by atoms with Crippen LogP contribution in [0.25, 0.3) is 10.9 Å². The van der Waals surface area contributed by atoms with E-state index >= 15 is 0 Å². The first-order valence-corrected chi connectivity index (χ1v) is 10.6. The number of hydrogen-bond donors (Lipinski definition) is 1. The first-order valence-electron chi connectivity index (χ1n) is 10.6. The summed E-state index contributed by atoms with van der Waals surface area (Å²) in [5.74, 6) is -0.286. The number of nitrogens with one attached hydrogen (secondary N) is 1. The predicted octanol–water partition coefficient (Wildman–Crippen LogP) is 3.03. The number of fused-ring (bicyclic) bond motifs is 1. The number of carbonyl (C=O) groups is 1. The molecular weight excluding hydrogens is 402 g/mol. The van der Waals surface area contributed by atoms with Crippen LogP contribution in [0.15, 0.2) is 88.5 Å². The van der Waals surface area contributed by atoms with Gasteiger partial charge in [-0.3, -0.25) is 18.7 Å². The van der Waals surface area contributed by atoms with Crippen molar-refractivity contribution in [3.8, 4) is 0 Å². The number of para-hydroxylation sites is 1. The van der Waals surface area contributed by atoms with Gasteiger partial charge in [0.15, 0.2) is 0 Å². The molecule has 0 aliphatic carbocycles. The topological polar surface area (TPSA) is 73.1 Å². The van der Waals surface area contributed by atoms with Crippen LogP contribution in [0.3, 0.4) is 0 Å². The van der Waals surface area contributed by atoms with Crippen LogP contribution in [-0.2, 0) is 30.8 Å². The highest BCUT2D eigenvalue weighted by Crippen LogP contribution is 2.09. The number of aromatic nitrogens is 2. The largest absolute Gasteiger partial charge is 0.350 e. The normalized spacial score (nSPS) is 10.9. The van der Waals surface area contributed by atoms with Crippen molar-refractivity contribution >= 4 is 16.8 Å². The smallest absolute Gasteiger partial charge is 0.331 e. The second-order valence-corrected chi connectivity index (χ2v) is 7.84. The van der Waals surface area contributed by atoms with E-state index in [4.69, 9.17) is 0 Å². The van der Waals surface area contributed by atoms with Gasteiger partial charge in [-0.2, -0.15) is 0 Å². The molecular formula is C26H25N3O3. The van der Waals surface area contributed by atoms with E-state index in [1.54, 1.807) is 24.3 Å². The van der Waals surface area contributed by atoms with E-state index in [2.05, 4.69) is 5.32 Å². The lowest BCUT2D eigenvalue weighted by atomic mass is 10.1. The minimum atomic E-state index is -0.477. The van der Waals surface area contributed by atoms with Crippen LogP contribution in [0.5, 0.6) is 0 Å². The van der Waals surface area contributed by atoms with Crippen LogP contribution in [-0.4, -0.2) is 15.0 Å². The van der Waals surface area contributed by atoms with Gasteiger partial charge in [0.2, 0.25) is 5.91 Å². The lowest BCUT2D eigenvalue weighted by Gasteiger charge is -2.14. The Balaban J connectivity index is 1.61. The lowest BCUT2D eigenvalue weighted by molar-refractivity contribution is -0.121. The van der Waals surface area contributed by atoms with Crippen molar-refractivity contribution in [1.82, 2.24) is 14.5 Å². The Morgan fingerprint density at radius 2 is 1.50 bits per heavy atom. The maximum atomic E-state index is 13.2. The molecule has 0 unspecified atom stereocenters. The third-order valence-corrected chi connectivity index (χ3v) is 5.51. The molecule has 0 bridgehead atoms. The highest BCUT2D eigenvalue weighted by Gasteiger charge is 2.15. The predicted molar refractivity (Wildman–Crippen MR) is 126 cm³/mol. The Morgan fingerprint density at radius 3 is 2.25 bits per heavy atom. The number of aryl methyl sites for hydroxylation is 2. The van der Waals surface area contributed by atoms with E-state index < -0.39 is 5.69 Å². The van der Waals surface area contributed by atoms with Crippen molar-refractivity contribution in [1.29, 1.82) is 0 Å². The molecule has 1 N–H and O–H groups in total. The molecule has 0 radical (unpaired) electrons. The Hall–Kier alpha value is -3.93. The van der Waals surface area contributed by atoms with Crippen LogP contribution < -0.4 is 16.6 Å². The summed E-state index contributed by atoms with van der Waals surface area (Å²) >= 11 is 0. The Labute approximate surface area is 185 Å². The molecule has 162 valence electrons. The lowest BCUT2D eigenvalue weighted by Crippen LogP contribution is -2.42. The van der Waals surface area contributed by atoms with Crippen LogP contribution >= 0.6 is 0 Å². The quantitative estimate of drug-likeness (QED) is 0.493. The number of benzene rings is 3. The standard InChI is InChI=1S/C26H25N3O3/c1-19-11-13-21(14-12-19)17-27-24(30)18-29-23-10-6-5-9-22(23)25(31)28(26(29)32)16-15-20-7-3-2-4-8-20/h2-14H,15-18H2,1H3,(H,27,30). The van der Waals surface area contributed by atoms with Crippen molar-refractivity contribution in [2.45, 2.75) is 33.0 Å². The summed E-state index contributed by atoms with van der Waals surface area (Å²) in [6, 6.07) is 24.5. The summed E-state index contributed by atoms with van der Waals surface area (Å²) in [5, 5.41) is 3.29.